The summed E-state index contributed by atoms with van der Waals surface area (Å²) in [7, 11) is 0. The molecule has 0 N–H and O–H groups in total. The molecule has 0 bridgehead atoms. The highest BCUT2D eigenvalue weighted by Gasteiger charge is 2.20. The number of ether oxygens (including phenoxy) is 2. The van der Waals surface area contributed by atoms with Crippen molar-refractivity contribution in [2.24, 2.45) is 0 Å². The molecule has 0 atom stereocenters. The van der Waals surface area contributed by atoms with Crippen molar-refractivity contribution in [3.63, 3.8) is 0 Å². The Morgan fingerprint density at radius 2 is 0.970 bits per heavy atom. The molecule has 0 amide bonds. The monoisotopic (exact) mass is 460 g/mol. The van der Waals surface area contributed by atoms with Crippen molar-refractivity contribution in [2.45, 2.75) is 9.79 Å². The molecule has 0 heterocycles. The quantitative estimate of drug-likeness (QED) is 0.202. The summed E-state index contributed by atoms with van der Waals surface area (Å²) in [5, 5.41) is 23.2. The highest BCUT2D eigenvalue weighted by Crippen LogP contribution is 2.40. The van der Waals surface area contributed by atoms with E-state index in [0.717, 1.165) is 11.8 Å². The lowest BCUT2D eigenvalue weighted by atomic mass is 10.3. The van der Waals surface area contributed by atoms with Crippen molar-refractivity contribution >= 4 is 23.1 Å². The maximum Gasteiger partial charge on any atom is 0.312 e. The number of rotatable bonds is 8. The van der Waals surface area contributed by atoms with Gasteiger partial charge in [0.25, 0.3) is 0 Å². The summed E-state index contributed by atoms with van der Waals surface area (Å²) in [6, 6.07) is 26.6. The fourth-order valence-electron chi connectivity index (χ4n) is 2.95. The van der Waals surface area contributed by atoms with Crippen LogP contribution in [-0.2, 0) is 0 Å². The van der Waals surface area contributed by atoms with Gasteiger partial charge in [-0.15, -0.1) is 0 Å². The molecule has 0 saturated carbocycles. The second-order valence-corrected chi connectivity index (χ2v) is 7.85. The van der Waals surface area contributed by atoms with Gasteiger partial charge in [-0.2, -0.15) is 0 Å². The minimum Gasteiger partial charge on any atom is -0.450 e. The molecule has 0 spiro atoms. The number of nitro benzene ring substituents is 2. The van der Waals surface area contributed by atoms with Gasteiger partial charge in [0.05, 0.1) is 9.85 Å². The summed E-state index contributed by atoms with van der Waals surface area (Å²) in [5.41, 5.74) is -0.412. The van der Waals surface area contributed by atoms with E-state index in [2.05, 4.69) is 0 Å². The number of para-hydroxylation sites is 2. The van der Waals surface area contributed by atoms with Gasteiger partial charge in [-0.1, -0.05) is 48.2 Å². The lowest BCUT2D eigenvalue weighted by Gasteiger charge is -2.09. The molecule has 4 rings (SSSR count). The van der Waals surface area contributed by atoms with Crippen LogP contribution in [0.3, 0.4) is 0 Å². The van der Waals surface area contributed by atoms with E-state index in [9.17, 15) is 20.2 Å². The Morgan fingerprint density at radius 3 is 1.33 bits per heavy atom. The Kier molecular flexibility index (Phi) is 6.51. The van der Waals surface area contributed by atoms with Crippen LogP contribution in [0.2, 0.25) is 0 Å². The van der Waals surface area contributed by atoms with E-state index >= 15 is 0 Å². The molecule has 4 aromatic carbocycles. The van der Waals surface area contributed by atoms with Crippen LogP contribution in [0, 0.1) is 20.2 Å². The fourth-order valence-corrected chi connectivity index (χ4v) is 3.83. The molecular formula is C24H16N2O6S. The molecule has 0 aromatic heterocycles. The second kappa shape index (κ2) is 9.84. The number of benzene rings is 4. The van der Waals surface area contributed by atoms with Crippen LogP contribution in [-0.4, -0.2) is 9.85 Å². The SMILES string of the molecule is O=[N+]([O-])c1cc(Sc2ccc(Oc3ccccc3)c([N+](=O)[O-])c2)ccc1Oc1ccccc1. The zero-order valence-corrected chi connectivity index (χ0v) is 17.8. The maximum atomic E-state index is 11.6. The molecule has 0 aliphatic rings. The summed E-state index contributed by atoms with van der Waals surface area (Å²) in [6.07, 6.45) is 0. The van der Waals surface area contributed by atoms with E-state index in [-0.39, 0.29) is 22.9 Å². The average molecular weight is 460 g/mol. The van der Waals surface area contributed by atoms with Gasteiger partial charge in [0.15, 0.2) is 0 Å². The summed E-state index contributed by atoms with van der Waals surface area (Å²) >= 11 is 1.16. The number of hydrogen-bond donors (Lipinski definition) is 0. The van der Waals surface area contributed by atoms with Gasteiger partial charge in [-0.25, -0.2) is 0 Å². The lowest BCUT2D eigenvalue weighted by Crippen LogP contribution is -1.95. The van der Waals surface area contributed by atoms with Crippen molar-refractivity contribution in [2.75, 3.05) is 0 Å². The minimum atomic E-state index is -0.526. The van der Waals surface area contributed by atoms with Crippen LogP contribution in [0.1, 0.15) is 0 Å². The highest BCUT2D eigenvalue weighted by molar-refractivity contribution is 7.99. The molecule has 0 fully saturated rings. The zero-order valence-electron chi connectivity index (χ0n) is 17.0. The molecule has 4 aromatic rings. The zero-order chi connectivity index (χ0) is 23.2. The van der Waals surface area contributed by atoms with Gasteiger partial charge < -0.3 is 9.47 Å². The summed E-state index contributed by atoms with van der Waals surface area (Å²) in [4.78, 5) is 23.2. The van der Waals surface area contributed by atoms with Crippen molar-refractivity contribution < 1.29 is 19.3 Å². The van der Waals surface area contributed by atoms with E-state index in [0.29, 0.717) is 21.3 Å². The third-order valence-electron chi connectivity index (χ3n) is 4.43. The first kappa shape index (κ1) is 21.8. The molecule has 0 aliphatic heterocycles. The predicted molar refractivity (Wildman–Crippen MR) is 123 cm³/mol. The van der Waals surface area contributed by atoms with Crippen molar-refractivity contribution in [1.82, 2.24) is 0 Å². The second-order valence-electron chi connectivity index (χ2n) is 6.71. The van der Waals surface area contributed by atoms with E-state index in [1.807, 2.05) is 12.1 Å². The van der Waals surface area contributed by atoms with Gasteiger partial charge >= 0.3 is 11.4 Å². The Hall–Kier alpha value is -4.37. The summed E-state index contributed by atoms with van der Waals surface area (Å²) in [5.74, 6) is 1.16. The molecule has 9 heteroatoms. The van der Waals surface area contributed by atoms with Crippen molar-refractivity contribution in [3.05, 3.63) is 117 Å². The predicted octanol–water partition coefficient (Wildman–Crippen LogP) is 7.24. The largest absolute Gasteiger partial charge is 0.450 e. The number of nitrogens with zero attached hydrogens (tertiary/aromatic N) is 2. The van der Waals surface area contributed by atoms with E-state index < -0.39 is 9.85 Å². The molecule has 0 saturated heterocycles. The molecule has 0 aliphatic carbocycles. The molecule has 0 radical (unpaired) electrons. The Balaban J connectivity index is 1.59. The van der Waals surface area contributed by atoms with Gasteiger partial charge in [-0.3, -0.25) is 20.2 Å². The number of nitro groups is 2. The van der Waals surface area contributed by atoms with E-state index in [1.54, 1.807) is 60.7 Å². The van der Waals surface area contributed by atoms with E-state index in [4.69, 9.17) is 9.47 Å². The van der Waals surface area contributed by atoms with Crippen molar-refractivity contribution in [3.8, 4) is 23.0 Å². The molecule has 0 unspecified atom stereocenters. The Morgan fingerprint density at radius 1 is 0.576 bits per heavy atom. The molecular weight excluding hydrogens is 444 g/mol. The molecule has 8 nitrogen and oxygen atoms in total. The minimum absolute atomic E-state index is 0.105. The summed E-state index contributed by atoms with van der Waals surface area (Å²) in [6.45, 7) is 0. The standard InChI is InChI=1S/C24H16N2O6S/c27-25(28)21-15-19(11-13-23(21)31-17-7-3-1-4-8-17)33-20-12-14-24(22(16-20)26(29)30)32-18-9-5-2-6-10-18/h1-16H. The lowest BCUT2D eigenvalue weighted by molar-refractivity contribution is -0.385. The first-order chi connectivity index (χ1) is 16.0. The topological polar surface area (TPSA) is 105 Å². The van der Waals surface area contributed by atoms with Gasteiger partial charge in [0, 0.05) is 21.9 Å². The average Bonchev–Trinajstić information content (AvgIpc) is 2.82. The first-order valence-corrected chi connectivity index (χ1v) is 10.5. The third-order valence-corrected chi connectivity index (χ3v) is 5.41. The van der Waals surface area contributed by atoms with Gasteiger partial charge in [0.2, 0.25) is 11.5 Å². The van der Waals surface area contributed by atoms with Gasteiger partial charge in [0.1, 0.15) is 11.5 Å². The smallest absolute Gasteiger partial charge is 0.312 e. The van der Waals surface area contributed by atoms with Crippen LogP contribution >= 0.6 is 11.8 Å². The van der Waals surface area contributed by atoms with Crippen molar-refractivity contribution in [1.29, 1.82) is 0 Å². The normalized spacial score (nSPS) is 10.4. The Labute approximate surface area is 192 Å². The van der Waals surface area contributed by atoms with Gasteiger partial charge in [-0.05, 0) is 48.5 Å². The van der Waals surface area contributed by atoms with Crippen LogP contribution in [0.5, 0.6) is 23.0 Å². The Bertz CT molecular complexity index is 1200. The van der Waals surface area contributed by atoms with E-state index in [1.165, 1.54) is 24.3 Å². The first-order valence-electron chi connectivity index (χ1n) is 9.70. The van der Waals surface area contributed by atoms with Crippen LogP contribution in [0.4, 0.5) is 11.4 Å². The van der Waals surface area contributed by atoms with Crippen LogP contribution in [0.25, 0.3) is 0 Å². The highest BCUT2D eigenvalue weighted by atomic mass is 32.2. The maximum absolute atomic E-state index is 11.6. The molecule has 33 heavy (non-hydrogen) atoms. The van der Waals surface area contributed by atoms with Crippen LogP contribution < -0.4 is 9.47 Å². The summed E-state index contributed by atoms with van der Waals surface area (Å²) < 4.78 is 11.3. The van der Waals surface area contributed by atoms with Crippen LogP contribution in [0.15, 0.2) is 107 Å². The fraction of sp³-hybridized carbons (Fsp3) is 0. The molecule has 164 valence electrons. The number of hydrogen-bond acceptors (Lipinski definition) is 7. The third kappa shape index (κ3) is 5.46.